The Kier molecular flexibility index (Phi) is 6.59. The van der Waals surface area contributed by atoms with Crippen molar-refractivity contribution in [2.24, 2.45) is 10.4 Å². The molecule has 1 fully saturated rings. The monoisotopic (exact) mass is 542 g/mol. The van der Waals surface area contributed by atoms with Crippen LogP contribution >= 0.6 is 0 Å². The zero-order valence-corrected chi connectivity index (χ0v) is 21.7. The van der Waals surface area contributed by atoms with Gasteiger partial charge in [0.05, 0.1) is 5.41 Å². The zero-order valence-electron chi connectivity index (χ0n) is 21.7. The van der Waals surface area contributed by atoms with E-state index < -0.39 is 11.6 Å². The van der Waals surface area contributed by atoms with Gasteiger partial charge in [-0.05, 0) is 97.5 Å². The number of carbonyl (C=O) groups excluding carboxylic acids is 1. The number of anilines is 2. The molecule has 1 aliphatic carbocycles. The molecule has 0 radical (unpaired) electrons. The van der Waals surface area contributed by atoms with Crippen molar-refractivity contribution in [1.29, 1.82) is 0 Å². The molecule has 1 aromatic heterocycles. The van der Waals surface area contributed by atoms with Gasteiger partial charge in [0.15, 0.2) is 0 Å². The van der Waals surface area contributed by atoms with E-state index in [9.17, 15) is 18.7 Å². The summed E-state index contributed by atoms with van der Waals surface area (Å²) in [5.41, 5.74) is 2.51. The zero-order chi connectivity index (χ0) is 27.9. The van der Waals surface area contributed by atoms with E-state index in [1.165, 1.54) is 36.4 Å². The van der Waals surface area contributed by atoms with Gasteiger partial charge in [0, 0.05) is 28.5 Å². The van der Waals surface area contributed by atoms with Gasteiger partial charge in [-0.25, -0.2) is 13.8 Å². The van der Waals surface area contributed by atoms with E-state index in [0.29, 0.717) is 47.1 Å². The van der Waals surface area contributed by atoms with Crippen LogP contribution in [0.25, 0.3) is 10.9 Å². The van der Waals surface area contributed by atoms with Crippen molar-refractivity contribution in [2.45, 2.75) is 38.3 Å². The lowest BCUT2D eigenvalue weighted by Crippen LogP contribution is -2.39. The molecule has 0 bridgehead atoms. The molecule has 1 aliphatic heterocycles. The third-order valence-electron chi connectivity index (χ3n) is 7.53. The molecule has 9 heteroatoms. The van der Waals surface area contributed by atoms with Crippen LogP contribution in [0.1, 0.15) is 43.4 Å². The van der Waals surface area contributed by atoms with Crippen LogP contribution in [-0.4, -0.2) is 28.1 Å². The number of hydrogen-bond donors (Lipinski definition) is 4. The first-order valence-electron chi connectivity index (χ1n) is 13.2. The fourth-order valence-electron chi connectivity index (χ4n) is 5.09. The number of ether oxygens (including phenoxy) is 1. The number of aliphatic hydroxyl groups excluding tert-OH is 1. The molecule has 204 valence electrons. The molecule has 40 heavy (non-hydrogen) atoms. The number of fused-ring (bicyclic) bond motifs is 3. The Morgan fingerprint density at radius 1 is 1.05 bits per heavy atom. The summed E-state index contributed by atoms with van der Waals surface area (Å²) in [6, 6.07) is 17.2. The molecule has 7 nitrogen and oxygen atoms in total. The molecule has 1 amide bonds. The van der Waals surface area contributed by atoms with Gasteiger partial charge in [0.25, 0.3) is 0 Å². The number of hydrogen-bond acceptors (Lipinski definition) is 5. The maximum Gasteiger partial charge on any atom is 0.243 e. The molecule has 4 aromatic rings. The number of rotatable bonds is 6. The van der Waals surface area contributed by atoms with Crippen LogP contribution in [0.15, 0.2) is 84.0 Å². The highest BCUT2D eigenvalue weighted by atomic mass is 19.1. The smallest absolute Gasteiger partial charge is 0.243 e. The fourth-order valence-corrected chi connectivity index (χ4v) is 5.09. The van der Waals surface area contributed by atoms with Gasteiger partial charge in [-0.1, -0.05) is 13.0 Å². The molecule has 2 unspecified atom stereocenters. The third kappa shape index (κ3) is 4.96. The van der Waals surface area contributed by atoms with Crippen molar-refractivity contribution in [2.75, 3.05) is 10.6 Å². The van der Waals surface area contributed by atoms with E-state index in [4.69, 9.17) is 4.74 Å². The Morgan fingerprint density at radius 3 is 2.48 bits per heavy atom. The molecular weight excluding hydrogens is 514 g/mol. The van der Waals surface area contributed by atoms with Crippen molar-refractivity contribution in [3.05, 3.63) is 102 Å². The number of allylic oxidation sites excluding steroid dienone is 1. The first-order chi connectivity index (χ1) is 19.3. The van der Waals surface area contributed by atoms with Crippen LogP contribution in [0, 0.1) is 17.0 Å². The number of nitrogens with one attached hydrogen (secondary N) is 3. The average molecular weight is 543 g/mol. The molecule has 2 heterocycles. The predicted octanol–water partition coefficient (Wildman–Crippen LogP) is 6.44. The third-order valence-corrected chi connectivity index (χ3v) is 7.53. The quantitative estimate of drug-likeness (QED) is 0.211. The van der Waals surface area contributed by atoms with Crippen LogP contribution in [0.3, 0.4) is 0 Å². The van der Waals surface area contributed by atoms with Gasteiger partial charge in [-0.3, -0.25) is 4.79 Å². The maximum atomic E-state index is 13.9. The topological polar surface area (TPSA) is 98.7 Å². The Balaban J connectivity index is 1.17. The van der Waals surface area contributed by atoms with E-state index in [1.54, 1.807) is 36.5 Å². The Morgan fingerprint density at radius 2 is 1.75 bits per heavy atom. The van der Waals surface area contributed by atoms with Crippen molar-refractivity contribution in [1.82, 2.24) is 4.98 Å². The number of H-pyrrole nitrogens is 1. The standard InChI is InChI=1S/C31H28F2N4O3/c1-18-3-2-16-34-28(27-26(18)24-13-6-20(33)17-25(24)37-27)40-23-11-9-22(10-12-23)36-30(39)31(14-15-31)29(38)35-21-7-4-19(32)5-8-21/h2,4-13,16-18,29,35,37-38H,3,14-15H2,1H3,(H,36,39). The number of aromatic amines is 1. The van der Waals surface area contributed by atoms with Crippen LogP contribution in [-0.2, 0) is 4.79 Å². The average Bonchev–Trinajstić information content (AvgIpc) is 3.67. The number of aromatic nitrogens is 1. The molecule has 2 aliphatic rings. The van der Waals surface area contributed by atoms with Crippen LogP contribution < -0.4 is 15.4 Å². The van der Waals surface area contributed by atoms with Gasteiger partial charge < -0.3 is 25.5 Å². The minimum absolute atomic E-state index is 0.166. The maximum absolute atomic E-state index is 13.9. The second-order valence-electron chi connectivity index (χ2n) is 10.3. The summed E-state index contributed by atoms with van der Waals surface area (Å²) in [5, 5.41) is 17.4. The summed E-state index contributed by atoms with van der Waals surface area (Å²) in [7, 11) is 0. The summed E-state index contributed by atoms with van der Waals surface area (Å²) in [6.07, 6.45) is 4.40. The molecule has 0 saturated heterocycles. The summed E-state index contributed by atoms with van der Waals surface area (Å²) in [5.74, 6) is 0.0281. The molecule has 6 rings (SSSR count). The van der Waals surface area contributed by atoms with Gasteiger partial charge in [0.1, 0.15) is 29.3 Å². The second kappa shape index (κ2) is 10.2. The minimum atomic E-state index is -1.12. The Labute approximate surface area is 229 Å². The molecule has 3 aromatic carbocycles. The predicted molar refractivity (Wildman–Crippen MR) is 150 cm³/mol. The number of halogens is 2. The second-order valence-corrected chi connectivity index (χ2v) is 10.3. The Bertz CT molecular complexity index is 1620. The van der Waals surface area contributed by atoms with Crippen LogP contribution in [0.5, 0.6) is 5.75 Å². The Hall–Kier alpha value is -4.50. The number of aliphatic hydroxyl groups is 1. The summed E-state index contributed by atoms with van der Waals surface area (Å²) in [4.78, 5) is 20.9. The van der Waals surface area contributed by atoms with Crippen molar-refractivity contribution in [3.8, 4) is 5.75 Å². The normalized spacial score (nSPS) is 18.2. The largest absolute Gasteiger partial charge is 0.437 e. The number of benzene rings is 3. The van der Waals surface area contributed by atoms with Gasteiger partial charge in [0.2, 0.25) is 11.8 Å². The first-order valence-corrected chi connectivity index (χ1v) is 13.2. The summed E-state index contributed by atoms with van der Waals surface area (Å²) < 4.78 is 33.3. The van der Waals surface area contributed by atoms with Gasteiger partial charge in [-0.15, -0.1) is 0 Å². The fraction of sp³-hybridized carbons (Fsp3) is 0.226. The van der Waals surface area contributed by atoms with Crippen LogP contribution in [0.2, 0.25) is 0 Å². The lowest BCUT2D eigenvalue weighted by molar-refractivity contribution is -0.124. The molecular formula is C31H28F2N4O3. The molecule has 1 saturated carbocycles. The van der Waals surface area contributed by atoms with Crippen molar-refractivity contribution >= 4 is 34.1 Å². The molecule has 2 atom stereocenters. The van der Waals surface area contributed by atoms with Gasteiger partial charge >= 0.3 is 0 Å². The van der Waals surface area contributed by atoms with E-state index in [0.717, 1.165) is 17.4 Å². The highest BCUT2D eigenvalue weighted by molar-refractivity contribution is 6.03. The number of amides is 1. The summed E-state index contributed by atoms with van der Waals surface area (Å²) >= 11 is 0. The first kappa shape index (κ1) is 25.8. The lowest BCUT2D eigenvalue weighted by atomic mass is 9.94. The lowest BCUT2D eigenvalue weighted by Gasteiger charge is -2.23. The number of aliphatic imine (C=N–C) groups is 1. The van der Waals surface area contributed by atoms with E-state index >= 15 is 0 Å². The molecule has 0 spiro atoms. The highest BCUT2D eigenvalue weighted by Crippen LogP contribution is 2.49. The SMILES string of the molecule is CC1CC=CN=C(Oc2ccc(NC(=O)C3(C(O)Nc4ccc(F)cc4)CC3)cc2)c2[nH]c3cc(F)ccc3c21. The number of nitrogens with zero attached hydrogens (tertiary/aromatic N) is 1. The van der Waals surface area contributed by atoms with E-state index in [2.05, 4.69) is 27.5 Å². The van der Waals surface area contributed by atoms with E-state index in [-0.39, 0.29) is 23.5 Å². The van der Waals surface area contributed by atoms with Crippen molar-refractivity contribution in [3.63, 3.8) is 0 Å². The highest BCUT2D eigenvalue weighted by Gasteiger charge is 2.55. The summed E-state index contributed by atoms with van der Waals surface area (Å²) in [6.45, 7) is 2.11. The molecule has 4 N–H and O–H groups in total. The van der Waals surface area contributed by atoms with E-state index in [1.807, 2.05) is 6.08 Å². The number of carbonyl (C=O) groups is 1. The van der Waals surface area contributed by atoms with Crippen LogP contribution in [0.4, 0.5) is 20.2 Å². The van der Waals surface area contributed by atoms with Gasteiger partial charge in [-0.2, -0.15) is 0 Å². The van der Waals surface area contributed by atoms with Crippen molar-refractivity contribution < 1.29 is 23.4 Å². The minimum Gasteiger partial charge on any atom is -0.437 e.